The summed E-state index contributed by atoms with van der Waals surface area (Å²) < 4.78 is 11.4. The highest BCUT2D eigenvalue weighted by molar-refractivity contribution is 7.13. The molecular weight excluding hydrogens is 519 g/mol. The minimum Gasteiger partial charge on any atom is -0.534 e. The molecule has 0 saturated heterocycles. The van der Waals surface area contributed by atoms with Crippen LogP contribution in [0.2, 0.25) is 0 Å². The SMILES string of the molecule is Cc1cccc2c1OB(O)[C@@H](NC(=O)/C(=N\OCCOc1ccc(C(N)=NC(C)C)cc1)c1csc(N)n1)C2. The minimum absolute atomic E-state index is 0.0664. The maximum atomic E-state index is 13.2. The molecule has 13 heteroatoms. The standard InChI is InChI=1S/C26H31BN6O5S/c1-15(2)30-24(28)17-7-9-19(10-8-17)36-11-12-37-33-22(20-14-39-26(29)31-20)25(34)32-21-13-18-6-4-5-16(3)23(18)38-27(21)35/h4-10,14-15,21,35H,11-13H2,1-3H3,(H2,28,30)(H2,29,31)(H,32,34)/b33-22-/t21-/m0/s1. The van der Waals surface area contributed by atoms with Crippen molar-refractivity contribution in [2.24, 2.45) is 15.9 Å². The number of rotatable bonds is 10. The molecule has 3 aromatic rings. The smallest absolute Gasteiger partial charge is 0.534 e. The number of fused-ring (bicyclic) bond motifs is 1. The van der Waals surface area contributed by atoms with E-state index < -0.39 is 19.0 Å². The number of nitrogens with two attached hydrogens (primary N) is 2. The third-order valence-corrected chi connectivity index (χ3v) is 6.43. The number of nitrogens with one attached hydrogen (secondary N) is 1. The van der Waals surface area contributed by atoms with E-state index in [9.17, 15) is 9.82 Å². The van der Waals surface area contributed by atoms with Crippen LogP contribution in [0.15, 0.2) is 58.0 Å². The van der Waals surface area contributed by atoms with Gasteiger partial charge in [-0.1, -0.05) is 23.4 Å². The van der Waals surface area contributed by atoms with E-state index in [1.54, 1.807) is 17.5 Å². The maximum absolute atomic E-state index is 13.2. The first-order valence-corrected chi connectivity index (χ1v) is 13.3. The summed E-state index contributed by atoms with van der Waals surface area (Å²) in [5.74, 6) is 0.437. The van der Waals surface area contributed by atoms with Gasteiger partial charge in [0.15, 0.2) is 17.5 Å². The van der Waals surface area contributed by atoms with Crippen molar-refractivity contribution in [2.75, 3.05) is 18.9 Å². The highest BCUT2D eigenvalue weighted by Crippen LogP contribution is 2.29. The molecule has 0 fully saturated rings. The fourth-order valence-corrected chi connectivity index (χ4v) is 4.47. The maximum Gasteiger partial charge on any atom is 0.547 e. The summed E-state index contributed by atoms with van der Waals surface area (Å²) in [6, 6.07) is 13.0. The summed E-state index contributed by atoms with van der Waals surface area (Å²) in [6.45, 7) is 6.06. The third-order valence-electron chi connectivity index (χ3n) is 5.76. The Morgan fingerprint density at radius 3 is 2.74 bits per heavy atom. The number of nitrogen functional groups attached to an aromatic ring is 1. The van der Waals surface area contributed by atoms with Crippen LogP contribution in [0.5, 0.6) is 11.5 Å². The Labute approximate surface area is 231 Å². The molecule has 0 saturated carbocycles. The second-order valence-corrected chi connectivity index (χ2v) is 10.1. The van der Waals surface area contributed by atoms with E-state index in [-0.39, 0.29) is 35.8 Å². The second kappa shape index (κ2) is 12.6. The quantitative estimate of drug-likeness (QED) is 0.0979. The van der Waals surface area contributed by atoms with Crippen LogP contribution >= 0.6 is 11.3 Å². The van der Waals surface area contributed by atoms with E-state index in [1.807, 2.05) is 51.1 Å². The molecule has 204 valence electrons. The lowest BCUT2D eigenvalue weighted by Crippen LogP contribution is -2.54. The molecule has 2 heterocycles. The van der Waals surface area contributed by atoms with Crippen LogP contribution in [-0.2, 0) is 16.1 Å². The van der Waals surface area contributed by atoms with E-state index in [0.29, 0.717) is 23.8 Å². The Kier molecular flexibility index (Phi) is 9.05. The number of aliphatic imine (C=N–C) groups is 1. The van der Waals surface area contributed by atoms with E-state index in [0.717, 1.165) is 16.7 Å². The summed E-state index contributed by atoms with van der Waals surface area (Å²) in [7, 11) is -1.22. The first kappa shape index (κ1) is 27.9. The van der Waals surface area contributed by atoms with Crippen molar-refractivity contribution in [3.05, 3.63) is 70.2 Å². The number of carbonyl (C=O) groups excluding carboxylic acids is 1. The topological polar surface area (TPSA) is 167 Å². The molecule has 1 atom stereocenters. The van der Waals surface area contributed by atoms with E-state index in [1.165, 1.54) is 11.3 Å². The first-order chi connectivity index (χ1) is 18.7. The van der Waals surface area contributed by atoms with Gasteiger partial charge in [0.2, 0.25) is 0 Å². The van der Waals surface area contributed by atoms with Gasteiger partial charge in [0.25, 0.3) is 5.91 Å². The molecule has 1 aromatic heterocycles. The monoisotopic (exact) mass is 550 g/mol. The molecule has 1 aliphatic heterocycles. The number of para-hydroxylation sites is 1. The molecule has 2 aromatic carbocycles. The average Bonchev–Trinajstić information content (AvgIpc) is 3.32. The van der Waals surface area contributed by atoms with Gasteiger partial charge < -0.3 is 36.0 Å². The molecule has 0 radical (unpaired) electrons. The number of aromatic nitrogens is 1. The summed E-state index contributed by atoms with van der Waals surface area (Å²) in [5, 5.41) is 19.2. The number of thiazole rings is 1. The predicted octanol–water partition coefficient (Wildman–Crippen LogP) is 2.09. The van der Waals surface area contributed by atoms with Crippen LogP contribution in [-0.4, -0.2) is 59.8 Å². The number of amidine groups is 1. The van der Waals surface area contributed by atoms with Crippen molar-refractivity contribution in [3.8, 4) is 11.5 Å². The number of benzene rings is 2. The Balaban J connectivity index is 1.36. The lowest BCUT2D eigenvalue weighted by molar-refractivity contribution is -0.115. The van der Waals surface area contributed by atoms with E-state index >= 15 is 0 Å². The first-order valence-electron chi connectivity index (χ1n) is 12.4. The van der Waals surface area contributed by atoms with Gasteiger partial charge in [-0.2, -0.15) is 0 Å². The number of nitrogens with zero attached hydrogens (tertiary/aromatic N) is 3. The molecule has 0 aliphatic carbocycles. The summed E-state index contributed by atoms with van der Waals surface area (Å²) in [5.41, 5.74) is 14.5. The molecule has 1 amide bonds. The normalized spacial score (nSPS) is 15.5. The van der Waals surface area contributed by atoms with E-state index in [4.69, 9.17) is 25.7 Å². The highest BCUT2D eigenvalue weighted by Gasteiger charge is 2.37. The van der Waals surface area contributed by atoms with Crippen molar-refractivity contribution in [1.29, 1.82) is 0 Å². The van der Waals surface area contributed by atoms with Gasteiger partial charge in [-0.15, -0.1) is 11.3 Å². The van der Waals surface area contributed by atoms with Crippen LogP contribution in [0.25, 0.3) is 0 Å². The van der Waals surface area contributed by atoms with Crippen LogP contribution in [0.4, 0.5) is 5.13 Å². The van der Waals surface area contributed by atoms with Crippen molar-refractivity contribution in [2.45, 2.75) is 39.2 Å². The van der Waals surface area contributed by atoms with Crippen LogP contribution in [0.3, 0.4) is 0 Å². The summed E-state index contributed by atoms with van der Waals surface area (Å²) >= 11 is 1.17. The van der Waals surface area contributed by atoms with Crippen LogP contribution in [0.1, 0.15) is 36.2 Å². The number of anilines is 1. The fraction of sp³-hybridized carbons (Fsp3) is 0.308. The van der Waals surface area contributed by atoms with Gasteiger partial charge in [-0.25, -0.2) is 4.98 Å². The Bertz CT molecular complexity index is 1360. The number of ether oxygens (including phenoxy) is 1. The molecule has 0 bridgehead atoms. The minimum atomic E-state index is -1.22. The summed E-state index contributed by atoms with van der Waals surface area (Å²) in [6.07, 6.45) is 0.388. The number of oxime groups is 1. The molecule has 1 aliphatic rings. The molecule has 0 spiro atoms. The van der Waals surface area contributed by atoms with Gasteiger partial charge in [0.05, 0.1) is 5.94 Å². The zero-order valence-electron chi connectivity index (χ0n) is 22.0. The lowest BCUT2D eigenvalue weighted by atomic mass is 9.72. The average molecular weight is 550 g/mol. The number of amides is 1. The van der Waals surface area contributed by atoms with Gasteiger partial charge in [-0.05, 0) is 62.6 Å². The Morgan fingerprint density at radius 2 is 2.05 bits per heavy atom. The van der Waals surface area contributed by atoms with Crippen molar-refractivity contribution >= 4 is 41.0 Å². The van der Waals surface area contributed by atoms with Gasteiger partial charge in [-0.3, -0.25) is 9.79 Å². The zero-order valence-corrected chi connectivity index (χ0v) is 22.8. The van der Waals surface area contributed by atoms with Gasteiger partial charge in [0, 0.05) is 17.0 Å². The van der Waals surface area contributed by atoms with Crippen LogP contribution < -0.4 is 26.2 Å². The number of hydrogen-bond donors (Lipinski definition) is 4. The summed E-state index contributed by atoms with van der Waals surface area (Å²) in [4.78, 5) is 27.0. The zero-order chi connectivity index (χ0) is 27.9. The third kappa shape index (κ3) is 7.27. The largest absolute Gasteiger partial charge is 0.547 e. The van der Waals surface area contributed by atoms with Crippen molar-refractivity contribution in [1.82, 2.24) is 10.3 Å². The number of aryl methyl sites for hydroxylation is 1. The highest BCUT2D eigenvalue weighted by atomic mass is 32.1. The molecular formula is C26H31BN6O5S. The van der Waals surface area contributed by atoms with Crippen LogP contribution in [0, 0.1) is 6.92 Å². The molecule has 4 rings (SSSR count). The van der Waals surface area contributed by atoms with E-state index in [2.05, 4.69) is 20.4 Å². The Hall–Kier alpha value is -4.10. The number of hydrogen-bond acceptors (Lipinski definition) is 10. The van der Waals surface area contributed by atoms with Gasteiger partial charge >= 0.3 is 7.12 Å². The Morgan fingerprint density at radius 1 is 1.28 bits per heavy atom. The lowest BCUT2D eigenvalue weighted by Gasteiger charge is -2.29. The molecule has 11 nitrogen and oxygen atoms in total. The van der Waals surface area contributed by atoms with Gasteiger partial charge in [0.1, 0.15) is 29.6 Å². The molecule has 39 heavy (non-hydrogen) atoms. The second-order valence-electron chi connectivity index (χ2n) is 9.18. The molecule has 0 unspecified atom stereocenters. The predicted molar refractivity (Wildman–Crippen MR) is 152 cm³/mol. The van der Waals surface area contributed by atoms with Crippen molar-refractivity contribution < 1.29 is 24.0 Å². The number of carbonyl (C=O) groups is 1. The molecule has 6 N–H and O–H groups in total. The van der Waals surface area contributed by atoms with Crippen molar-refractivity contribution in [3.63, 3.8) is 0 Å². The fourth-order valence-electron chi connectivity index (χ4n) is 3.92.